The minimum absolute atomic E-state index is 0.847. The van der Waals surface area contributed by atoms with E-state index in [0.717, 1.165) is 13.1 Å². The van der Waals surface area contributed by atoms with Crippen molar-refractivity contribution in [3.63, 3.8) is 0 Å². The molecule has 4 N–H and O–H groups in total. The number of hydrogen-bond donors (Lipinski definition) is 2. The predicted molar refractivity (Wildman–Crippen MR) is 247 cm³/mol. The van der Waals surface area contributed by atoms with Crippen LogP contribution in [0.1, 0.15) is 271 Å². The Morgan fingerprint density at radius 1 is 0.204 bits per heavy atom. The molecule has 0 saturated heterocycles. The lowest BCUT2D eigenvalue weighted by molar-refractivity contribution is 0.230. The topological polar surface area (TPSA) is 58.5 Å². The summed E-state index contributed by atoms with van der Waals surface area (Å²) in [7, 11) is 0. The van der Waals surface area contributed by atoms with Crippen LogP contribution in [0.4, 0.5) is 0 Å². The van der Waals surface area contributed by atoms with Crippen LogP contribution >= 0.6 is 0 Å². The zero-order valence-electron chi connectivity index (χ0n) is 38.0. The van der Waals surface area contributed by atoms with Crippen LogP contribution in [-0.4, -0.2) is 62.2 Å². The third-order valence-electron chi connectivity index (χ3n) is 12.2. The van der Waals surface area contributed by atoms with Crippen LogP contribution in [0, 0.1) is 0 Å². The van der Waals surface area contributed by atoms with Gasteiger partial charge in [0.15, 0.2) is 0 Å². The molecule has 0 rings (SSSR count). The van der Waals surface area contributed by atoms with Crippen LogP contribution in [0.3, 0.4) is 0 Å². The fourth-order valence-corrected chi connectivity index (χ4v) is 8.42. The largest absolute Gasteiger partial charge is 0.330 e. The van der Waals surface area contributed by atoms with Crippen LogP contribution in [0.15, 0.2) is 0 Å². The van der Waals surface area contributed by atoms with E-state index in [1.807, 2.05) is 0 Å². The SMILES string of the molecule is CCCCCCCCCCCCCCCCCCN(CCCCCN)CCCCN(CCCCCN)CCCCCCCCCCCCCCCCCC. The van der Waals surface area contributed by atoms with E-state index in [9.17, 15) is 0 Å². The van der Waals surface area contributed by atoms with E-state index >= 15 is 0 Å². The van der Waals surface area contributed by atoms with Crippen LogP contribution < -0.4 is 11.5 Å². The van der Waals surface area contributed by atoms with E-state index in [1.165, 1.54) is 296 Å². The molecule has 0 aliphatic carbocycles. The Hall–Kier alpha value is -0.160. The Morgan fingerprint density at radius 3 is 0.537 bits per heavy atom. The standard InChI is InChI=1S/C50H106N4/c1-3-5-7-9-11-13-15-17-19-21-23-25-27-29-31-37-45-53(47-39-33-35-43-51)49-41-42-50-54(48-40-34-36-44-52)46-38-32-30-28-26-24-22-20-18-16-14-12-10-8-6-4-2/h3-52H2,1-2H3. The highest BCUT2D eigenvalue weighted by Crippen LogP contribution is 2.16. The predicted octanol–water partition coefficient (Wildman–Crippen LogP) is 15.2. The third-order valence-corrected chi connectivity index (χ3v) is 12.2. The van der Waals surface area contributed by atoms with Crippen molar-refractivity contribution in [3.05, 3.63) is 0 Å². The van der Waals surface area contributed by atoms with Crippen molar-refractivity contribution >= 4 is 0 Å². The molecular weight excluding hydrogens is 657 g/mol. The first kappa shape index (κ1) is 53.8. The molecule has 0 radical (unpaired) electrons. The van der Waals surface area contributed by atoms with Gasteiger partial charge in [0.25, 0.3) is 0 Å². The molecule has 0 aliphatic rings. The molecule has 0 atom stereocenters. The Labute approximate surface area is 343 Å². The van der Waals surface area contributed by atoms with Gasteiger partial charge in [0.1, 0.15) is 0 Å². The van der Waals surface area contributed by atoms with Gasteiger partial charge >= 0.3 is 0 Å². The molecule has 0 aromatic carbocycles. The van der Waals surface area contributed by atoms with Crippen molar-refractivity contribution in [3.8, 4) is 0 Å². The van der Waals surface area contributed by atoms with E-state index in [-0.39, 0.29) is 0 Å². The quantitative estimate of drug-likeness (QED) is 0.0606. The van der Waals surface area contributed by atoms with E-state index in [4.69, 9.17) is 11.5 Å². The monoisotopic (exact) mass is 763 g/mol. The molecule has 0 heterocycles. The van der Waals surface area contributed by atoms with Gasteiger partial charge in [-0.2, -0.15) is 0 Å². The molecule has 0 bridgehead atoms. The summed E-state index contributed by atoms with van der Waals surface area (Å²) in [6, 6.07) is 0. The summed E-state index contributed by atoms with van der Waals surface area (Å²) >= 11 is 0. The van der Waals surface area contributed by atoms with Crippen molar-refractivity contribution in [2.45, 2.75) is 271 Å². The minimum Gasteiger partial charge on any atom is -0.330 e. The molecule has 0 amide bonds. The van der Waals surface area contributed by atoms with Crippen LogP contribution in [0.5, 0.6) is 0 Å². The lowest BCUT2D eigenvalue weighted by Gasteiger charge is -2.25. The molecule has 0 aromatic heterocycles. The highest BCUT2D eigenvalue weighted by atomic mass is 15.1. The Bertz CT molecular complexity index is 588. The zero-order valence-corrected chi connectivity index (χ0v) is 38.0. The molecule has 0 aromatic rings. The van der Waals surface area contributed by atoms with E-state index in [1.54, 1.807) is 0 Å². The maximum absolute atomic E-state index is 5.81. The number of nitrogens with zero attached hydrogens (tertiary/aromatic N) is 2. The first-order valence-corrected chi connectivity index (χ1v) is 25.6. The van der Waals surface area contributed by atoms with Gasteiger partial charge in [-0.05, 0) is 104 Å². The van der Waals surface area contributed by atoms with Crippen LogP contribution in [0.2, 0.25) is 0 Å². The summed E-state index contributed by atoms with van der Waals surface area (Å²) in [4.78, 5) is 5.61. The molecule has 0 fully saturated rings. The van der Waals surface area contributed by atoms with Gasteiger partial charge in [-0.3, -0.25) is 0 Å². The zero-order chi connectivity index (χ0) is 39.1. The minimum atomic E-state index is 0.847. The second-order valence-corrected chi connectivity index (χ2v) is 17.7. The molecule has 0 saturated carbocycles. The van der Waals surface area contributed by atoms with Gasteiger partial charge < -0.3 is 21.3 Å². The molecule has 326 valence electrons. The molecule has 54 heavy (non-hydrogen) atoms. The Kier molecular flexibility index (Phi) is 48.8. The number of nitrogens with two attached hydrogens (primary N) is 2. The normalized spacial score (nSPS) is 11.9. The Morgan fingerprint density at radius 2 is 0.352 bits per heavy atom. The average Bonchev–Trinajstić information content (AvgIpc) is 3.18. The Balaban J connectivity index is 4.09. The molecule has 4 heteroatoms. The first-order chi connectivity index (χ1) is 26.8. The first-order valence-electron chi connectivity index (χ1n) is 25.6. The van der Waals surface area contributed by atoms with Gasteiger partial charge in [-0.15, -0.1) is 0 Å². The summed E-state index contributed by atoms with van der Waals surface area (Å²) in [6.07, 6.45) is 56.7. The average molecular weight is 763 g/mol. The molecule has 0 spiro atoms. The van der Waals surface area contributed by atoms with Crippen molar-refractivity contribution in [1.29, 1.82) is 0 Å². The maximum Gasteiger partial charge on any atom is -0.00183 e. The fraction of sp³-hybridized carbons (Fsp3) is 1.00. The van der Waals surface area contributed by atoms with Crippen molar-refractivity contribution < 1.29 is 0 Å². The highest BCUT2D eigenvalue weighted by molar-refractivity contribution is 4.64. The molecular formula is C50H106N4. The second kappa shape index (κ2) is 49.0. The summed E-state index contributed by atoms with van der Waals surface area (Å²) in [5.41, 5.74) is 11.6. The van der Waals surface area contributed by atoms with Crippen LogP contribution in [-0.2, 0) is 0 Å². The van der Waals surface area contributed by atoms with Gasteiger partial charge in [0.05, 0.1) is 0 Å². The van der Waals surface area contributed by atoms with E-state index in [2.05, 4.69) is 23.6 Å². The van der Waals surface area contributed by atoms with Gasteiger partial charge in [0, 0.05) is 0 Å². The highest BCUT2D eigenvalue weighted by Gasteiger charge is 2.08. The van der Waals surface area contributed by atoms with Crippen molar-refractivity contribution in [2.24, 2.45) is 11.5 Å². The number of rotatable bonds is 49. The van der Waals surface area contributed by atoms with Crippen molar-refractivity contribution in [1.82, 2.24) is 9.80 Å². The third kappa shape index (κ3) is 44.6. The summed E-state index contributed by atoms with van der Waals surface area (Å²) in [6.45, 7) is 14.1. The molecule has 4 nitrogen and oxygen atoms in total. The van der Waals surface area contributed by atoms with Crippen molar-refractivity contribution in [2.75, 3.05) is 52.4 Å². The lowest BCUT2D eigenvalue weighted by Crippen LogP contribution is -2.30. The van der Waals surface area contributed by atoms with Gasteiger partial charge in [0.2, 0.25) is 0 Å². The summed E-state index contributed by atoms with van der Waals surface area (Å²) in [5.74, 6) is 0. The smallest absolute Gasteiger partial charge is 0.00183 e. The molecule has 0 aliphatic heterocycles. The lowest BCUT2D eigenvalue weighted by atomic mass is 10.0. The van der Waals surface area contributed by atoms with E-state index in [0.29, 0.717) is 0 Å². The summed E-state index contributed by atoms with van der Waals surface area (Å²) < 4.78 is 0. The van der Waals surface area contributed by atoms with Crippen LogP contribution in [0.25, 0.3) is 0 Å². The summed E-state index contributed by atoms with van der Waals surface area (Å²) in [5, 5.41) is 0. The maximum atomic E-state index is 5.81. The van der Waals surface area contributed by atoms with E-state index < -0.39 is 0 Å². The molecule has 0 unspecified atom stereocenters. The van der Waals surface area contributed by atoms with Gasteiger partial charge in [-0.1, -0.05) is 219 Å². The number of hydrogen-bond acceptors (Lipinski definition) is 4. The fourth-order valence-electron chi connectivity index (χ4n) is 8.42. The number of unbranched alkanes of at least 4 members (excludes halogenated alkanes) is 35. The second-order valence-electron chi connectivity index (χ2n) is 17.7. The van der Waals surface area contributed by atoms with Gasteiger partial charge in [-0.25, -0.2) is 0 Å².